The molecule has 0 unspecified atom stereocenters. The third-order valence-electron chi connectivity index (χ3n) is 5.64. The van der Waals surface area contributed by atoms with Gasteiger partial charge in [-0.15, -0.1) is 0 Å². The van der Waals surface area contributed by atoms with Gasteiger partial charge in [0.25, 0.3) is 0 Å². The average molecular weight is 503 g/mol. The zero-order valence-corrected chi connectivity index (χ0v) is 20.1. The highest BCUT2D eigenvalue weighted by Crippen LogP contribution is 2.29. The molecule has 0 spiro atoms. The monoisotopic (exact) mass is 502 g/mol. The van der Waals surface area contributed by atoms with Crippen molar-refractivity contribution in [3.8, 4) is 11.4 Å². The van der Waals surface area contributed by atoms with Crippen LogP contribution in [0.4, 0.5) is 5.69 Å². The minimum atomic E-state index is -0.452. The normalized spacial score (nSPS) is 14.7. The van der Waals surface area contributed by atoms with Crippen LogP contribution in [0.1, 0.15) is 36.0 Å². The van der Waals surface area contributed by atoms with Crippen molar-refractivity contribution in [2.75, 3.05) is 25.0 Å². The number of likely N-dealkylation sites (tertiary alicyclic amines) is 1. The lowest BCUT2D eigenvalue weighted by Gasteiger charge is -2.30. The zero-order chi connectivity index (χ0) is 24.1. The number of para-hydroxylation sites is 1. The Morgan fingerprint density at radius 2 is 1.94 bits per heavy atom. The van der Waals surface area contributed by atoms with Crippen LogP contribution in [0.5, 0.6) is 0 Å². The number of benzene rings is 2. The fourth-order valence-corrected chi connectivity index (χ4v) is 4.35. The summed E-state index contributed by atoms with van der Waals surface area (Å²) in [6.07, 6.45) is 1.36. The third-order valence-corrected chi connectivity index (χ3v) is 6.19. The number of nitrogens with one attached hydrogen (secondary N) is 1. The van der Waals surface area contributed by atoms with Crippen molar-refractivity contribution in [1.82, 2.24) is 15.0 Å². The van der Waals surface area contributed by atoms with E-state index in [4.69, 9.17) is 32.5 Å². The van der Waals surface area contributed by atoms with E-state index in [1.54, 1.807) is 49.4 Å². The molecule has 1 aromatic heterocycles. The number of esters is 1. The summed E-state index contributed by atoms with van der Waals surface area (Å²) in [6.45, 7) is 3.91. The maximum Gasteiger partial charge on any atom is 0.340 e. The molecule has 0 aliphatic carbocycles. The van der Waals surface area contributed by atoms with Crippen molar-refractivity contribution in [2.45, 2.75) is 26.3 Å². The molecule has 1 saturated heterocycles. The average Bonchev–Trinajstić information content (AvgIpc) is 3.28. The van der Waals surface area contributed by atoms with Crippen LogP contribution >= 0.6 is 23.2 Å². The van der Waals surface area contributed by atoms with Crippen LogP contribution in [0.3, 0.4) is 0 Å². The second kappa shape index (κ2) is 11.0. The number of halogens is 2. The van der Waals surface area contributed by atoms with Gasteiger partial charge in [0, 0.05) is 16.5 Å². The lowest BCUT2D eigenvalue weighted by atomic mass is 9.95. The summed E-state index contributed by atoms with van der Waals surface area (Å²) in [5, 5.41) is 7.91. The standard InChI is InChI=1S/C24H24Cl2N4O4/c1-2-33-24(32)18-5-3-4-6-20(18)27-23(31)15-9-11-30(12-10-15)14-21-28-22(29-34-21)17-8-7-16(25)13-19(17)26/h3-8,13,15H,2,9-12,14H2,1H3,(H,27,31). The molecule has 1 aliphatic heterocycles. The summed E-state index contributed by atoms with van der Waals surface area (Å²) >= 11 is 12.2. The SMILES string of the molecule is CCOC(=O)c1ccccc1NC(=O)C1CCN(Cc2nc(-c3ccc(Cl)cc3Cl)no2)CC1. The van der Waals surface area contributed by atoms with E-state index < -0.39 is 5.97 Å². The summed E-state index contributed by atoms with van der Waals surface area (Å²) in [5.74, 6) is 0.178. The Bertz CT molecular complexity index is 1180. The lowest BCUT2D eigenvalue weighted by molar-refractivity contribution is -0.121. The van der Waals surface area contributed by atoms with E-state index in [2.05, 4.69) is 20.4 Å². The molecule has 1 N–H and O–H groups in total. The van der Waals surface area contributed by atoms with Gasteiger partial charge in [-0.2, -0.15) is 4.98 Å². The predicted octanol–water partition coefficient (Wildman–Crippen LogP) is 5.07. The molecule has 0 radical (unpaired) electrons. The van der Waals surface area contributed by atoms with Crippen LogP contribution < -0.4 is 5.32 Å². The van der Waals surface area contributed by atoms with Gasteiger partial charge in [0.1, 0.15) is 0 Å². The maximum absolute atomic E-state index is 12.8. The van der Waals surface area contributed by atoms with Crippen molar-refractivity contribution in [1.29, 1.82) is 0 Å². The Balaban J connectivity index is 1.32. The fourth-order valence-electron chi connectivity index (χ4n) is 3.86. The van der Waals surface area contributed by atoms with E-state index in [9.17, 15) is 9.59 Å². The van der Waals surface area contributed by atoms with Crippen molar-refractivity contribution in [3.63, 3.8) is 0 Å². The first-order valence-electron chi connectivity index (χ1n) is 11.0. The molecule has 4 rings (SSSR count). The van der Waals surface area contributed by atoms with Gasteiger partial charge in [0.05, 0.1) is 29.4 Å². The molecule has 2 aromatic carbocycles. The van der Waals surface area contributed by atoms with Crippen LogP contribution in [0.15, 0.2) is 47.0 Å². The predicted molar refractivity (Wildman–Crippen MR) is 129 cm³/mol. The number of amides is 1. The molecule has 3 aromatic rings. The highest BCUT2D eigenvalue weighted by atomic mass is 35.5. The summed E-state index contributed by atoms with van der Waals surface area (Å²) < 4.78 is 10.5. The number of nitrogens with zero attached hydrogens (tertiary/aromatic N) is 3. The molecule has 1 fully saturated rings. The van der Waals surface area contributed by atoms with Crippen LogP contribution in [-0.2, 0) is 16.1 Å². The van der Waals surface area contributed by atoms with Crippen LogP contribution in [0.2, 0.25) is 10.0 Å². The van der Waals surface area contributed by atoms with Gasteiger partial charge in [0.2, 0.25) is 17.6 Å². The largest absolute Gasteiger partial charge is 0.462 e. The minimum absolute atomic E-state index is 0.103. The number of carbonyl (C=O) groups is 2. The number of anilines is 1. The fraction of sp³-hybridized carbons (Fsp3) is 0.333. The smallest absolute Gasteiger partial charge is 0.340 e. The van der Waals surface area contributed by atoms with E-state index in [0.29, 0.717) is 71.1 Å². The van der Waals surface area contributed by atoms with Gasteiger partial charge >= 0.3 is 5.97 Å². The van der Waals surface area contributed by atoms with Crippen molar-refractivity contribution in [2.24, 2.45) is 5.92 Å². The molecular weight excluding hydrogens is 479 g/mol. The number of ether oxygens (including phenoxy) is 1. The molecule has 0 atom stereocenters. The van der Waals surface area contributed by atoms with E-state index in [1.165, 1.54) is 0 Å². The van der Waals surface area contributed by atoms with E-state index in [0.717, 1.165) is 0 Å². The Labute approximate surface area is 207 Å². The maximum atomic E-state index is 12.8. The number of hydrogen-bond donors (Lipinski definition) is 1. The first-order chi connectivity index (χ1) is 16.4. The highest BCUT2D eigenvalue weighted by molar-refractivity contribution is 6.36. The van der Waals surface area contributed by atoms with Crippen molar-refractivity contribution >= 4 is 40.8 Å². The number of hydrogen-bond acceptors (Lipinski definition) is 7. The van der Waals surface area contributed by atoms with E-state index in [1.807, 2.05) is 0 Å². The number of piperidine rings is 1. The first-order valence-corrected chi connectivity index (χ1v) is 11.8. The van der Waals surface area contributed by atoms with Gasteiger partial charge < -0.3 is 14.6 Å². The van der Waals surface area contributed by atoms with E-state index in [-0.39, 0.29) is 18.4 Å². The Morgan fingerprint density at radius 1 is 1.18 bits per heavy atom. The molecule has 2 heterocycles. The van der Waals surface area contributed by atoms with Crippen molar-refractivity contribution < 1.29 is 18.8 Å². The Morgan fingerprint density at radius 3 is 2.68 bits per heavy atom. The zero-order valence-electron chi connectivity index (χ0n) is 18.6. The molecule has 1 amide bonds. The van der Waals surface area contributed by atoms with Gasteiger partial charge in [-0.25, -0.2) is 4.79 Å². The van der Waals surface area contributed by atoms with Gasteiger partial charge in [-0.3, -0.25) is 9.69 Å². The van der Waals surface area contributed by atoms with E-state index >= 15 is 0 Å². The summed E-state index contributed by atoms with van der Waals surface area (Å²) in [4.78, 5) is 31.6. The highest BCUT2D eigenvalue weighted by Gasteiger charge is 2.27. The number of carbonyl (C=O) groups excluding carboxylic acids is 2. The Hall–Kier alpha value is -2.94. The molecular formula is C24H24Cl2N4O4. The molecule has 8 nitrogen and oxygen atoms in total. The molecule has 0 bridgehead atoms. The molecule has 0 saturated carbocycles. The van der Waals surface area contributed by atoms with Crippen LogP contribution in [0, 0.1) is 5.92 Å². The number of rotatable bonds is 7. The van der Waals surface area contributed by atoms with Crippen LogP contribution in [0.25, 0.3) is 11.4 Å². The second-order valence-electron chi connectivity index (χ2n) is 7.94. The second-order valence-corrected chi connectivity index (χ2v) is 8.79. The van der Waals surface area contributed by atoms with Gasteiger partial charge in [0.15, 0.2) is 0 Å². The lowest BCUT2D eigenvalue weighted by Crippen LogP contribution is -2.38. The summed E-state index contributed by atoms with van der Waals surface area (Å²) in [6, 6.07) is 12.0. The van der Waals surface area contributed by atoms with Crippen molar-refractivity contribution in [3.05, 3.63) is 64.0 Å². The molecule has 178 valence electrons. The van der Waals surface area contributed by atoms with Gasteiger partial charge in [-0.1, -0.05) is 40.5 Å². The summed E-state index contributed by atoms with van der Waals surface area (Å²) in [7, 11) is 0. The Kier molecular flexibility index (Phi) is 7.82. The van der Waals surface area contributed by atoms with Gasteiger partial charge in [-0.05, 0) is 63.2 Å². The third kappa shape index (κ3) is 5.75. The first kappa shape index (κ1) is 24.2. The summed E-state index contributed by atoms with van der Waals surface area (Å²) in [5.41, 5.74) is 1.47. The molecule has 1 aliphatic rings. The quantitative estimate of drug-likeness (QED) is 0.450. The molecule has 10 heteroatoms. The minimum Gasteiger partial charge on any atom is -0.462 e. The van der Waals surface area contributed by atoms with Crippen LogP contribution in [-0.4, -0.2) is 46.6 Å². The topological polar surface area (TPSA) is 97.6 Å². The number of aromatic nitrogens is 2. The molecule has 34 heavy (non-hydrogen) atoms.